The molecular formula is C55H72F3N9O6S. The molecule has 2 amide bonds. The molecule has 0 bridgehead atoms. The lowest BCUT2D eigenvalue weighted by Gasteiger charge is -2.32. The molecule has 15 nitrogen and oxygen atoms in total. The lowest BCUT2D eigenvalue weighted by atomic mass is 9.87. The highest BCUT2D eigenvalue weighted by atomic mass is 32.1. The first-order valence-electron chi connectivity index (χ1n) is 25.3. The highest BCUT2D eigenvalue weighted by molar-refractivity contribution is 7.71. The van der Waals surface area contributed by atoms with Crippen molar-refractivity contribution in [1.82, 2.24) is 30.1 Å². The SMILES string of the molecule is CC(C)(C)c1ccc(O)c(N)c1.CC(C)(C)c1ccc2oc(N3CCCN(C(=O)N4CCOCC4)CC3)nc2c1.CC(C)(C)c1ccc2oc(N3CCCNCC3)nc2c1.FC(F)(F)c1ccc2oc(=S)[nH]c2c1. The number of ether oxygens (including phenoxy) is 1. The molecular weight excluding hydrogens is 972 g/mol. The van der Waals surface area contributed by atoms with Gasteiger partial charge in [0.05, 0.1) is 30.0 Å². The number of carbonyl (C=O) groups is 1. The second-order valence-corrected chi connectivity index (χ2v) is 22.3. The number of nitrogens with one attached hydrogen (secondary N) is 2. The van der Waals surface area contributed by atoms with Gasteiger partial charge in [0.1, 0.15) is 16.8 Å². The number of aromatic amines is 1. The number of carbonyl (C=O) groups excluding carboxylic acids is 1. The van der Waals surface area contributed by atoms with E-state index in [1.807, 2.05) is 34.1 Å². The number of halogens is 3. The predicted molar refractivity (Wildman–Crippen MR) is 289 cm³/mol. The monoisotopic (exact) mass is 1040 g/mol. The largest absolute Gasteiger partial charge is 0.506 e. The minimum Gasteiger partial charge on any atom is -0.506 e. The topological polar surface area (TPSA) is 179 Å². The van der Waals surface area contributed by atoms with Crippen LogP contribution in [0, 0.1) is 4.84 Å². The lowest BCUT2D eigenvalue weighted by molar-refractivity contribution is -0.137. The molecule has 3 aliphatic heterocycles. The van der Waals surface area contributed by atoms with E-state index in [1.54, 1.807) is 6.07 Å². The Hall–Kier alpha value is -6.31. The van der Waals surface area contributed by atoms with Gasteiger partial charge in [0.15, 0.2) is 16.7 Å². The maximum atomic E-state index is 12.8. The second-order valence-electron chi connectivity index (χ2n) is 21.9. The van der Waals surface area contributed by atoms with Gasteiger partial charge in [-0.3, -0.25) is 0 Å². The zero-order valence-corrected chi connectivity index (χ0v) is 44.9. The van der Waals surface area contributed by atoms with Crippen molar-refractivity contribution in [3.05, 3.63) is 99.9 Å². The van der Waals surface area contributed by atoms with Crippen molar-refractivity contribution in [1.29, 1.82) is 0 Å². The van der Waals surface area contributed by atoms with Gasteiger partial charge in [-0.2, -0.15) is 23.1 Å². The number of oxazole rings is 3. The number of aromatic nitrogens is 3. The lowest BCUT2D eigenvalue weighted by Crippen LogP contribution is -2.49. The Balaban J connectivity index is 0.000000152. The van der Waals surface area contributed by atoms with E-state index in [0.717, 1.165) is 105 Å². The van der Waals surface area contributed by atoms with Crippen LogP contribution in [0.4, 0.5) is 35.7 Å². The fraction of sp³-hybridized carbons (Fsp3) is 0.491. The van der Waals surface area contributed by atoms with E-state index in [0.29, 0.717) is 50.1 Å². The van der Waals surface area contributed by atoms with Crippen molar-refractivity contribution < 1.29 is 41.1 Å². The highest BCUT2D eigenvalue weighted by Gasteiger charge is 2.31. The zero-order valence-electron chi connectivity index (χ0n) is 44.1. The van der Waals surface area contributed by atoms with Crippen molar-refractivity contribution in [2.75, 3.05) is 94.2 Å². The summed E-state index contributed by atoms with van der Waals surface area (Å²) in [5.74, 6) is 0.156. The molecule has 0 aliphatic carbocycles. The van der Waals surface area contributed by atoms with E-state index >= 15 is 0 Å². The average molecular weight is 1040 g/mol. The Morgan fingerprint density at radius 1 is 0.608 bits per heavy atom. The molecule has 400 valence electrons. The molecule has 4 aromatic carbocycles. The van der Waals surface area contributed by atoms with E-state index in [-0.39, 0.29) is 38.4 Å². The van der Waals surface area contributed by atoms with E-state index < -0.39 is 11.7 Å². The number of H-pyrrole nitrogens is 1. The Morgan fingerprint density at radius 2 is 1.12 bits per heavy atom. The molecule has 0 spiro atoms. The van der Waals surface area contributed by atoms with E-state index in [2.05, 4.69) is 124 Å². The number of phenolic OH excluding ortho intramolecular Hbond substituents is 1. The molecule has 6 heterocycles. The number of nitrogens with two attached hydrogens (primary N) is 1. The van der Waals surface area contributed by atoms with Gasteiger partial charge in [-0.15, -0.1) is 0 Å². The van der Waals surface area contributed by atoms with Crippen LogP contribution in [0.25, 0.3) is 33.3 Å². The van der Waals surface area contributed by atoms with Crippen LogP contribution in [0.2, 0.25) is 0 Å². The minimum absolute atomic E-state index is 0.0688. The summed E-state index contributed by atoms with van der Waals surface area (Å²) in [5, 5.41) is 12.6. The van der Waals surface area contributed by atoms with Crippen LogP contribution < -0.4 is 20.9 Å². The second kappa shape index (κ2) is 23.1. The molecule has 0 radical (unpaired) electrons. The number of alkyl halides is 3. The Labute approximate surface area is 436 Å². The molecule has 0 atom stereocenters. The van der Waals surface area contributed by atoms with Crippen LogP contribution in [-0.4, -0.2) is 115 Å². The molecule has 3 saturated heterocycles. The van der Waals surface area contributed by atoms with Gasteiger partial charge in [-0.1, -0.05) is 80.5 Å². The average Bonchev–Trinajstić information content (AvgIpc) is 3.94. The molecule has 3 aromatic heterocycles. The summed E-state index contributed by atoms with van der Waals surface area (Å²) in [6.45, 7) is 29.2. The van der Waals surface area contributed by atoms with Gasteiger partial charge >= 0.3 is 12.2 Å². The Morgan fingerprint density at radius 3 is 1.69 bits per heavy atom. The summed E-state index contributed by atoms with van der Waals surface area (Å²) in [4.78, 5) is 33.0. The normalized spacial score (nSPS) is 16.2. The van der Waals surface area contributed by atoms with Gasteiger partial charge in [-0.05, 0) is 119 Å². The minimum atomic E-state index is -4.35. The first-order chi connectivity index (χ1) is 34.8. The van der Waals surface area contributed by atoms with E-state index in [1.165, 1.54) is 17.2 Å². The smallest absolute Gasteiger partial charge is 0.416 e. The predicted octanol–water partition coefficient (Wildman–Crippen LogP) is 11.8. The summed E-state index contributed by atoms with van der Waals surface area (Å²) >= 11 is 4.65. The Bertz CT molecular complexity index is 3040. The van der Waals surface area contributed by atoms with Crippen molar-refractivity contribution in [3.8, 4) is 5.75 Å². The van der Waals surface area contributed by atoms with Crippen molar-refractivity contribution in [2.45, 2.75) is 97.6 Å². The third-order valence-corrected chi connectivity index (χ3v) is 13.2. The molecule has 0 saturated carbocycles. The molecule has 10 rings (SSSR count). The van der Waals surface area contributed by atoms with E-state index in [9.17, 15) is 23.1 Å². The number of rotatable bonds is 2. The standard InChI is InChI=1S/C21H30N4O3.C16H23N3O.C10H15NO.C8H4F3NOS/c1-21(2,3)16-5-6-18-17(15-16)22-19(28-18)23-7-4-8-24(10-9-23)20(26)25-11-13-27-14-12-25;1-16(2,3)12-5-6-14-13(11-12)18-15(20-14)19-9-4-7-17-8-10-19;1-10(2,3)7-4-5-9(12)8(11)6-7;9-8(10,11)4-1-2-6-5(3-4)12-7(14)13-6/h5-6,15H,4,7-14H2,1-3H3;5-6,11,17H,4,7-10H2,1-3H3;4-6,12H,11H2,1-3H3;1-3H,(H,12,14). The number of morpholine rings is 1. The number of hydrogen-bond acceptors (Lipinski definition) is 13. The first kappa shape index (κ1) is 55.4. The summed E-state index contributed by atoms with van der Waals surface area (Å²) in [6.07, 6.45) is -2.31. The first-order valence-corrected chi connectivity index (χ1v) is 25.7. The summed E-state index contributed by atoms with van der Waals surface area (Å²) in [6, 6.07) is 22.6. The number of hydrogen-bond donors (Lipinski definition) is 4. The van der Waals surface area contributed by atoms with E-state index in [4.69, 9.17) is 28.7 Å². The maximum Gasteiger partial charge on any atom is 0.416 e. The van der Waals surface area contributed by atoms with Crippen LogP contribution >= 0.6 is 12.2 Å². The number of phenols is 1. The zero-order chi connectivity index (χ0) is 53.6. The van der Waals surface area contributed by atoms with Gasteiger partial charge in [0.25, 0.3) is 16.9 Å². The quantitative estimate of drug-likeness (QED) is 0.0731. The van der Waals surface area contributed by atoms with Crippen molar-refractivity contribution in [3.63, 3.8) is 0 Å². The number of amides is 2. The number of fused-ring (bicyclic) bond motifs is 3. The van der Waals surface area contributed by atoms with Crippen LogP contribution in [0.15, 0.2) is 86.0 Å². The molecule has 19 heteroatoms. The molecule has 5 N–H and O–H groups in total. The number of aromatic hydroxyl groups is 1. The van der Waals surface area contributed by atoms with Crippen LogP contribution in [-0.2, 0) is 27.2 Å². The molecule has 74 heavy (non-hydrogen) atoms. The molecule has 7 aromatic rings. The molecule has 0 unspecified atom stereocenters. The number of benzene rings is 4. The van der Waals surface area contributed by atoms with Gasteiger partial charge in [0.2, 0.25) is 0 Å². The summed E-state index contributed by atoms with van der Waals surface area (Å²) in [7, 11) is 0. The van der Waals surface area contributed by atoms with Crippen LogP contribution in [0.5, 0.6) is 5.75 Å². The van der Waals surface area contributed by atoms with Gasteiger partial charge in [0, 0.05) is 58.9 Å². The maximum absolute atomic E-state index is 12.8. The number of nitrogens with zero attached hydrogens (tertiary/aromatic N) is 6. The Kier molecular flexibility index (Phi) is 17.3. The van der Waals surface area contributed by atoms with Crippen LogP contribution in [0.1, 0.15) is 97.4 Å². The van der Waals surface area contributed by atoms with Gasteiger partial charge in [-0.25, -0.2) is 4.79 Å². The highest BCUT2D eigenvalue weighted by Crippen LogP contribution is 2.33. The molecule has 3 fully saturated rings. The number of nitrogen functional groups attached to an aromatic ring is 1. The molecule has 3 aliphatic rings. The van der Waals surface area contributed by atoms with Gasteiger partial charge < -0.3 is 58.7 Å². The third kappa shape index (κ3) is 14.5. The third-order valence-electron chi connectivity index (χ3n) is 13.1. The fourth-order valence-corrected chi connectivity index (χ4v) is 8.67. The summed E-state index contributed by atoms with van der Waals surface area (Å²) < 4.78 is 59.0. The summed E-state index contributed by atoms with van der Waals surface area (Å²) in [5.41, 5.74) is 13.4. The number of anilines is 3. The number of urea groups is 1. The van der Waals surface area contributed by atoms with Crippen molar-refractivity contribution >= 4 is 69.3 Å². The van der Waals surface area contributed by atoms with Crippen molar-refractivity contribution in [2.24, 2.45) is 0 Å². The van der Waals surface area contributed by atoms with Crippen LogP contribution in [0.3, 0.4) is 0 Å². The fourth-order valence-electron chi connectivity index (χ4n) is 8.48.